The zero-order chi connectivity index (χ0) is 19.9. The van der Waals surface area contributed by atoms with E-state index in [2.05, 4.69) is 0 Å². The van der Waals surface area contributed by atoms with Crippen LogP contribution in [0.15, 0.2) is 60.7 Å². The fourth-order valence-electron chi connectivity index (χ4n) is 2.53. The first-order valence-electron chi connectivity index (χ1n) is 8.27. The molecule has 0 radical (unpaired) electrons. The van der Waals surface area contributed by atoms with Gasteiger partial charge in [-0.3, -0.25) is 10.1 Å². The Balaban J connectivity index is 2.08. The van der Waals surface area contributed by atoms with Crippen LogP contribution in [-0.4, -0.2) is 31.2 Å². The highest BCUT2D eigenvalue weighted by atomic mass is 19.4. The van der Waals surface area contributed by atoms with Gasteiger partial charge in [-0.2, -0.15) is 13.2 Å². The van der Waals surface area contributed by atoms with Crippen molar-refractivity contribution in [2.45, 2.75) is 19.1 Å². The molecule has 0 aliphatic carbocycles. The van der Waals surface area contributed by atoms with E-state index in [1.165, 1.54) is 0 Å². The number of imide groups is 1. The van der Waals surface area contributed by atoms with E-state index in [4.69, 9.17) is 0 Å². The van der Waals surface area contributed by atoms with Gasteiger partial charge in [0.05, 0.1) is 12.6 Å². The van der Waals surface area contributed by atoms with Crippen molar-refractivity contribution in [1.82, 2.24) is 10.6 Å². The standard InChI is InChI=1S/C19H20F3N3O2/c1-14(15-8-4-2-5-9-15)25(16-10-6-3-7-11-16)12-17(26)24-18(27)23-13-19(20,21)22/h2-11,14H,12-13H2,1H3,(H2,23,24,26,27)/t14-/m1/s1. The maximum Gasteiger partial charge on any atom is 0.405 e. The van der Waals surface area contributed by atoms with E-state index in [0.717, 1.165) is 11.3 Å². The normalized spacial score (nSPS) is 12.1. The smallest absolute Gasteiger partial charge is 0.355 e. The highest BCUT2D eigenvalue weighted by molar-refractivity contribution is 5.96. The quantitative estimate of drug-likeness (QED) is 0.806. The van der Waals surface area contributed by atoms with Gasteiger partial charge in [-0.25, -0.2) is 4.79 Å². The van der Waals surface area contributed by atoms with Crippen LogP contribution in [-0.2, 0) is 4.79 Å². The number of hydrogen-bond donors (Lipinski definition) is 2. The van der Waals surface area contributed by atoms with Crippen LogP contribution in [0.25, 0.3) is 0 Å². The Morgan fingerprint density at radius 1 is 1.00 bits per heavy atom. The Morgan fingerprint density at radius 2 is 1.56 bits per heavy atom. The predicted octanol–water partition coefficient (Wildman–Crippen LogP) is 3.64. The summed E-state index contributed by atoms with van der Waals surface area (Å²) in [7, 11) is 0. The Hall–Kier alpha value is -3.03. The van der Waals surface area contributed by atoms with Crippen LogP contribution in [0.3, 0.4) is 0 Å². The van der Waals surface area contributed by atoms with Crippen molar-refractivity contribution in [3.8, 4) is 0 Å². The third-order valence-corrected chi connectivity index (χ3v) is 3.85. The van der Waals surface area contributed by atoms with Crippen molar-refractivity contribution in [3.05, 3.63) is 66.2 Å². The average molecular weight is 379 g/mol. The summed E-state index contributed by atoms with van der Waals surface area (Å²) >= 11 is 0. The van der Waals surface area contributed by atoms with Crippen molar-refractivity contribution < 1.29 is 22.8 Å². The third-order valence-electron chi connectivity index (χ3n) is 3.85. The van der Waals surface area contributed by atoms with E-state index in [1.54, 1.807) is 10.2 Å². The molecular weight excluding hydrogens is 359 g/mol. The number of amides is 3. The Kier molecular flexibility index (Phi) is 6.81. The summed E-state index contributed by atoms with van der Waals surface area (Å²) in [6.45, 7) is 0.202. The van der Waals surface area contributed by atoms with Gasteiger partial charge in [-0.05, 0) is 24.6 Å². The number of urea groups is 1. The fraction of sp³-hybridized carbons (Fsp3) is 0.263. The van der Waals surface area contributed by atoms with Crippen molar-refractivity contribution in [2.24, 2.45) is 0 Å². The number of nitrogens with one attached hydrogen (secondary N) is 2. The number of halogens is 3. The highest BCUT2D eigenvalue weighted by Gasteiger charge is 2.28. The first-order valence-corrected chi connectivity index (χ1v) is 8.27. The summed E-state index contributed by atoms with van der Waals surface area (Å²) in [4.78, 5) is 25.5. The van der Waals surface area contributed by atoms with Gasteiger partial charge in [0.25, 0.3) is 0 Å². The van der Waals surface area contributed by atoms with Gasteiger partial charge >= 0.3 is 12.2 Å². The van der Waals surface area contributed by atoms with Gasteiger partial charge in [0.15, 0.2) is 0 Å². The first kappa shape index (κ1) is 20.3. The van der Waals surface area contributed by atoms with Crippen LogP contribution >= 0.6 is 0 Å². The molecule has 144 valence electrons. The van der Waals surface area contributed by atoms with Crippen molar-refractivity contribution >= 4 is 17.6 Å². The molecule has 1 atom stereocenters. The van der Waals surface area contributed by atoms with Gasteiger partial charge in [0.1, 0.15) is 6.54 Å². The molecule has 0 aromatic heterocycles. The molecule has 8 heteroatoms. The molecule has 0 bridgehead atoms. The molecule has 0 saturated heterocycles. The number of nitrogens with zero attached hydrogens (tertiary/aromatic N) is 1. The van der Waals surface area contributed by atoms with E-state index in [0.29, 0.717) is 0 Å². The van der Waals surface area contributed by atoms with Crippen LogP contribution in [0.1, 0.15) is 18.5 Å². The van der Waals surface area contributed by atoms with Crippen LogP contribution in [0.4, 0.5) is 23.7 Å². The average Bonchev–Trinajstić information content (AvgIpc) is 2.65. The number of para-hydroxylation sites is 1. The maximum atomic E-state index is 12.2. The van der Waals surface area contributed by atoms with Crippen LogP contribution < -0.4 is 15.5 Å². The molecule has 3 amide bonds. The van der Waals surface area contributed by atoms with Gasteiger partial charge < -0.3 is 10.2 Å². The fourth-order valence-corrected chi connectivity index (χ4v) is 2.53. The van der Waals surface area contributed by atoms with Crippen LogP contribution in [0.5, 0.6) is 0 Å². The molecule has 27 heavy (non-hydrogen) atoms. The topological polar surface area (TPSA) is 61.4 Å². The lowest BCUT2D eigenvalue weighted by atomic mass is 10.1. The van der Waals surface area contributed by atoms with Crippen molar-refractivity contribution in [2.75, 3.05) is 18.0 Å². The monoisotopic (exact) mass is 379 g/mol. The van der Waals surface area contributed by atoms with Crippen LogP contribution in [0, 0.1) is 0 Å². The highest BCUT2D eigenvalue weighted by Crippen LogP contribution is 2.26. The predicted molar refractivity (Wildman–Crippen MR) is 96.2 cm³/mol. The molecule has 0 heterocycles. The summed E-state index contributed by atoms with van der Waals surface area (Å²) in [6.07, 6.45) is -4.54. The number of alkyl halides is 3. The minimum atomic E-state index is -4.54. The minimum Gasteiger partial charge on any atom is -0.355 e. The maximum absolute atomic E-state index is 12.2. The lowest BCUT2D eigenvalue weighted by Gasteiger charge is -2.31. The molecule has 0 unspecified atom stereocenters. The molecule has 2 rings (SSSR count). The molecule has 2 aromatic carbocycles. The second-order valence-corrected chi connectivity index (χ2v) is 5.90. The molecule has 2 aromatic rings. The first-order chi connectivity index (χ1) is 12.8. The second-order valence-electron chi connectivity index (χ2n) is 5.90. The molecule has 0 fully saturated rings. The number of anilines is 1. The van der Waals surface area contributed by atoms with E-state index >= 15 is 0 Å². The van der Waals surface area contributed by atoms with E-state index in [9.17, 15) is 22.8 Å². The molecule has 2 N–H and O–H groups in total. The van der Waals surface area contributed by atoms with Gasteiger partial charge in [0.2, 0.25) is 5.91 Å². The summed E-state index contributed by atoms with van der Waals surface area (Å²) < 4.78 is 36.4. The molecule has 0 aliphatic rings. The Labute approximate surface area is 155 Å². The van der Waals surface area contributed by atoms with Crippen LogP contribution in [0.2, 0.25) is 0 Å². The molecular formula is C19H20F3N3O2. The van der Waals surface area contributed by atoms with E-state index in [1.807, 2.05) is 72.9 Å². The van der Waals surface area contributed by atoms with Crippen molar-refractivity contribution in [1.29, 1.82) is 0 Å². The summed E-state index contributed by atoms with van der Waals surface area (Å²) in [6, 6.07) is 17.2. The van der Waals surface area contributed by atoms with E-state index < -0.39 is 24.7 Å². The Bertz CT molecular complexity index is 752. The van der Waals surface area contributed by atoms with Gasteiger partial charge in [-0.15, -0.1) is 0 Å². The van der Waals surface area contributed by atoms with Gasteiger partial charge in [-0.1, -0.05) is 48.5 Å². The molecule has 0 spiro atoms. The molecule has 5 nitrogen and oxygen atoms in total. The second kappa shape index (κ2) is 9.07. The molecule has 0 aliphatic heterocycles. The summed E-state index contributed by atoms with van der Waals surface area (Å²) in [5.41, 5.74) is 1.70. The largest absolute Gasteiger partial charge is 0.405 e. The number of carbonyl (C=O) groups excluding carboxylic acids is 2. The lowest BCUT2D eigenvalue weighted by Crippen LogP contribution is -2.47. The summed E-state index contributed by atoms with van der Waals surface area (Å²) in [5.74, 6) is -0.707. The van der Waals surface area contributed by atoms with E-state index in [-0.39, 0.29) is 12.6 Å². The van der Waals surface area contributed by atoms with Gasteiger partial charge in [0, 0.05) is 5.69 Å². The number of benzene rings is 2. The zero-order valence-corrected chi connectivity index (χ0v) is 14.7. The third kappa shape index (κ3) is 6.65. The van der Waals surface area contributed by atoms with Crippen molar-refractivity contribution in [3.63, 3.8) is 0 Å². The Morgan fingerprint density at radius 3 is 2.11 bits per heavy atom. The number of hydrogen-bond acceptors (Lipinski definition) is 3. The summed E-state index contributed by atoms with van der Waals surface area (Å²) in [5, 5.41) is 3.54. The molecule has 0 saturated carbocycles. The number of carbonyl (C=O) groups is 2. The lowest BCUT2D eigenvalue weighted by molar-refractivity contribution is -0.124. The SMILES string of the molecule is C[C@H](c1ccccc1)N(CC(=O)NC(=O)NCC(F)(F)F)c1ccccc1. The number of rotatable bonds is 6. The minimum absolute atomic E-state index is 0.195. The zero-order valence-electron chi connectivity index (χ0n) is 14.7.